The van der Waals surface area contributed by atoms with Crippen molar-refractivity contribution in [1.29, 1.82) is 0 Å². The van der Waals surface area contributed by atoms with Crippen LogP contribution in [0.5, 0.6) is 0 Å². The monoisotopic (exact) mass is 290 g/mol. The van der Waals surface area contributed by atoms with E-state index in [9.17, 15) is 5.11 Å². The molecule has 0 saturated carbocycles. The van der Waals surface area contributed by atoms with Crippen LogP contribution in [0.25, 0.3) is 11.0 Å². The van der Waals surface area contributed by atoms with Gasteiger partial charge >= 0.3 is 0 Å². The van der Waals surface area contributed by atoms with Crippen molar-refractivity contribution in [2.45, 2.75) is 32.4 Å². The molecule has 7 nitrogen and oxygen atoms in total. The zero-order valence-electron chi connectivity index (χ0n) is 12.6. The lowest BCUT2D eigenvalue weighted by Crippen LogP contribution is -2.38. The fourth-order valence-corrected chi connectivity index (χ4v) is 2.81. The number of hydrogen-bond donors (Lipinski definition) is 2. The van der Waals surface area contributed by atoms with Crippen LogP contribution in [0.1, 0.15) is 25.6 Å². The molecule has 1 atom stereocenters. The highest BCUT2D eigenvalue weighted by Crippen LogP contribution is 2.20. The number of nitrogens with one attached hydrogen (secondary N) is 1. The topological polar surface area (TPSA) is 79.1 Å². The lowest BCUT2D eigenvalue weighted by atomic mass is 10.1. The van der Waals surface area contributed by atoms with Crippen molar-refractivity contribution in [3.05, 3.63) is 12.0 Å². The average molecular weight is 290 g/mol. The van der Waals surface area contributed by atoms with E-state index in [4.69, 9.17) is 0 Å². The summed E-state index contributed by atoms with van der Waals surface area (Å²) in [5.74, 6) is 1.61. The molecule has 3 rings (SSSR count). The normalized spacial score (nSPS) is 20.0. The summed E-state index contributed by atoms with van der Waals surface area (Å²) in [5, 5.41) is 18.3. The maximum atomic E-state index is 9.77. The number of aromatic nitrogens is 4. The van der Waals surface area contributed by atoms with Crippen LogP contribution >= 0.6 is 0 Å². The van der Waals surface area contributed by atoms with Gasteiger partial charge < -0.3 is 10.4 Å². The van der Waals surface area contributed by atoms with Crippen molar-refractivity contribution in [2.75, 3.05) is 25.0 Å². The molecule has 1 aliphatic rings. The molecule has 0 radical (unpaired) electrons. The van der Waals surface area contributed by atoms with Gasteiger partial charge in [-0.2, -0.15) is 5.10 Å². The summed E-state index contributed by atoms with van der Waals surface area (Å²) in [4.78, 5) is 11.5. The van der Waals surface area contributed by atoms with E-state index in [1.807, 2.05) is 14.0 Å². The highest BCUT2D eigenvalue weighted by atomic mass is 16.3. The number of likely N-dealkylation sites (tertiary alicyclic amines) is 1. The van der Waals surface area contributed by atoms with E-state index in [-0.39, 0.29) is 6.10 Å². The van der Waals surface area contributed by atoms with E-state index in [0.717, 1.165) is 48.6 Å². The van der Waals surface area contributed by atoms with Crippen molar-refractivity contribution >= 4 is 16.9 Å². The number of piperidine rings is 1. The van der Waals surface area contributed by atoms with Crippen molar-refractivity contribution in [2.24, 2.45) is 7.05 Å². The second-order valence-corrected chi connectivity index (χ2v) is 5.56. The summed E-state index contributed by atoms with van der Waals surface area (Å²) in [6.45, 7) is 5.20. The van der Waals surface area contributed by atoms with E-state index in [1.54, 1.807) is 10.9 Å². The Kier molecular flexibility index (Phi) is 4.03. The van der Waals surface area contributed by atoms with E-state index >= 15 is 0 Å². The molecule has 1 unspecified atom stereocenters. The number of hydrogen-bond acceptors (Lipinski definition) is 6. The molecule has 1 aliphatic heterocycles. The SMILES string of the molecule is CCNc1nc(CN2CCCC(O)C2)nc2c1cnn2C. The molecular weight excluding hydrogens is 268 g/mol. The zero-order chi connectivity index (χ0) is 14.8. The Morgan fingerprint density at radius 2 is 2.29 bits per heavy atom. The minimum Gasteiger partial charge on any atom is -0.392 e. The van der Waals surface area contributed by atoms with Gasteiger partial charge in [-0.1, -0.05) is 0 Å². The third-order valence-corrected chi connectivity index (χ3v) is 3.83. The van der Waals surface area contributed by atoms with Crippen LogP contribution in [0.15, 0.2) is 6.20 Å². The van der Waals surface area contributed by atoms with Crippen LogP contribution in [-0.4, -0.2) is 55.5 Å². The number of rotatable bonds is 4. The predicted molar refractivity (Wildman–Crippen MR) is 81.0 cm³/mol. The third kappa shape index (κ3) is 2.98. The Balaban J connectivity index is 1.89. The molecule has 114 valence electrons. The molecule has 0 aliphatic carbocycles. The minimum atomic E-state index is -0.229. The number of aryl methyl sites for hydroxylation is 1. The van der Waals surface area contributed by atoms with Crippen LogP contribution in [-0.2, 0) is 13.6 Å². The van der Waals surface area contributed by atoms with Crippen molar-refractivity contribution in [1.82, 2.24) is 24.6 Å². The fourth-order valence-electron chi connectivity index (χ4n) is 2.81. The quantitative estimate of drug-likeness (QED) is 0.865. The largest absolute Gasteiger partial charge is 0.392 e. The van der Waals surface area contributed by atoms with Gasteiger partial charge in [-0.05, 0) is 26.3 Å². The van der Waals surface area contributed by atoms with Crippen molar-refractivity contribution in [3.63, 3.8) is 0 Å². The van der Waals surface area contributed by atoms with Gasteiger partial charge in [-0.15, -0.1) is 0 Å². The molecule has 2 aromatic rings. The van der Waals surface area contributed by atoms with Gasteiger partial charge in [0.15, 0.2) is 5.65 Å². The average Bonchev–Trinajstić information content (AvgIpc) is 2.81. The lowest BCUT2D eigenvalue weighted by Gasteiger charge is -2.29. The van der Waals surface area contributed by atoms with Crippen LogP contribution < -0.4 is 5.32 Å². The molecule has 0 bridgehead atoms. The molecule has 0 aromatic carbocycles. The Morgan fingerprint density at radius 3 is 3.05 bits per heavy atom. The van der Waals surface area contributed by atoms with Crippen LogP contribution in [0, 0.1) is 0 Å². The predicted octanol–water partition coefficient (Wildman–Crippen LogP) is 0.752. The number of aliphatic hydroxyl groups is 1. The van der Waals surface area contributed by atoms with E-state index in [0.29, 0.717) is 13.1 Å². The summed E-state index contributed by atoms with van der Waals surface area (Å²) < 4.78 is 1.77. The minimum absolute atomic E-state index is 0.229. The number of anilines is 1. The number of aliphatic hydroxyl groups excluding tert-OH is 1. The first kappa shape index (κ1) is 14.2. The Bertz CT molecular complexity index is 625. The third-order valence-electron chi connectivity index (χ3n) is 3.83. The Hall–Kier alpha value is -1.73. The standard InChI is InChI=1S/C14H22N6O/c1-3-15-13-11-7-16-19(2)14(11)18-12(17-13)9-20-6-4-5-10(21)8-20/h7,10,21H,3-6,8-9H2,1-2H3,(H,15,17,18). The van der Waals surface area contributed by atoms with Gasteiger partial charge in [-0.3, -0.25) is 9.58 Å². The number of nitrogens with zero attached hydrogens (tertiary/aromatic N) is 5. The summed E-state index contributed by atoms with van der Waals surface area (Å²) in [7, 11) is 1.89. The summed E-state index contributed by atoms with van der Waals surface area (Å²) in [5.41, 5.74) is 0.841. The van der Waals surface area contributed by atoms with Gasteiger partial charge in [0.2, 0.25) is 0 Å². The first-order valence-electron chi connectivity index (χ1n) is 7.50. The zero-order valence-corrected chi connectivity index (χ0v) is 12.6. The molecule has 1 fully saturated rings. The van der Waals surface area contributed by atoms with Crippen LogP contribution in [0.3, 0.4) is 0 Å². The second kappa shape index (κ2) is 5.95. The molecule has 0 spiro atoms. The molecular formula is C14H22N6O. The Labute approximate surface area is 124 Å². The summed E-state index contributed by atoms with van der Waals surface area (Å²) in [6.07, 6.45) is 3.48. The number of β-amino-alcohol motifs (C(OH)–C–C–N with tert-alkyl or cyclic N) is 1. The van der Waals surface area contributed by atoms with Crippen molar-refractivity contribution < 1.29 is 5.11 Å². The first-order valence-corrected chi connectivity index (χ1v) is 7.50. The number of fused-ring (bicyclic) bond motifs is 1. The molecule has 7 heteroatoms. The van der Waals surface area contributed by atoms with Gasteiger partial charge in [-0.25, -0.2) is 9.97 Å². The van der Waals surface area contributed by atoms with Gasteiger partial charge in [0, 0.05) is 20.1 Å². The van der Waals surface area contributed by atoms with Gasteiger partial charge in [0.05, 0.1) is 24.2 Å². The van der Waals surface area contributed by atoms with Crippen LogP contribution in [0.2, 0.25) is 0 Å². The molecule has 21 heavy (non-hydrogen) atoms. The maximum absolute atomic E-state index is 9.77. The molecule has 3 heterocycles. The van der Waals surface area contributed by atoms with E-state index in [1.165, 1.54) is 0 Å². The van der Waals surface area contributed by atoms with Gasteiger partial charge in [0.25, 0.3) is 0 Å². The highest BCUT2D eigenvalue weighted by Gasteiger charge is 2.19. The van der Waals surface area contributed by atoms with E-state index < -0.39 is 0 Å². The van der Waals surface area contributed by atoms with Crippen molar-refractivity contribution in [3.8, 4) is 0 Å². The fraction of sp³-hybridized carbons (Fsp3) is 0.643. The lowest BCUT2D eigenvalue weighted by molar-refractivity contribution is 0.0656. The first-order chi connectivity index (χ1) is 10.2. The molecule has 0 amide bonds. The molecule has 2 aromatic heterocycles. The second-order valence-electron chi connectivity index (χ2n) is 5.56. The highest BCUT2D eigenvalue weighted by molar-refractivity contribution is 5.86. The molecule has 1 saturated heterocycles. The smallest absolute Gasteiger partial charge is 0.163 e. The van der Waals surface area contributed by atoms with Gasteiger partial charge in [0.1, 0.15) is 11.6 Å². The van der Waals surface area contributed by atoms with E-state index in [2.05, 4.69) is 25.3 Å². The Morgan fingerprint density at radius 1 is 1.43 bits per heavy atom. The maximum Gasteiger partial charge on any atom is 0.163 e. The summed E-state index contributed by atoms with van der Waals surface area (Å²) in [6, 6.07) is 0. The molecule has 2 N–H and O–H groups in total. The van der Waals surface area contributed by atoms with Crippen LogP contribution in [0.4, 0.5) is 5.82 Å². The summed E-state index contributed by atoms with van der Waals surface area (Å²) >= 11 is 0.